The van der Waals surface area contributed by atoms with Crippen LogP contribution in [0.5, 0.6) is 0 Å². The first kappa shape index (κ1) is 11.6. The van der Waals surface area contributed by atoms with Crippen molar-refractivity contribution < 1.29 is 0 Å². The monoisotopic (exact) mass is 238 g/mol. The van der Waals surface area contributed by atoms with Gasteiger partial charge in [-0.3, -0.25) is 0 Å². The molecule has 16 heavy (non-hydrogen) atoms. The van der Waals surface area contributed by atoms with Gasteiger partial charge in [-0.05, 0) is 17.0 Å². The summed E-state index contributed by atoms with van der Waals surface area (Å²) in [5.41, 5.74) is 3.83. The van der Waals surface area contributed by atoms with Gasteiger partial charge in [0, 0.05) is 20.1 Å². The lowest BCUT2D eigenvalue weighted by Crippen LogP contribution is -2.33. The molecular formula is C13H19ClN2. The number of anilines is 2. The Morgan fingerprint density at radius 3 is 2.62 bits per heavy atom. The number of likely N-dealkylation sites (N-methyl/N-ethyl adjacent to an activating group) is 1. The highest BCUT2D eigenvalue weighted by Crippen LogP contribution is 2.42. The zero-order valence-corrected chi connectivity index (χ0v) is 11.2. The molecule has 1 heterocycles. The van der Waals surface area contributed by atoms with Crippen molar-refractivity contribution in [2.45, 2.75) is 26.2 Å². The Balaban J connectivity index is 2.64. The predicted octanol–water partition coefficient (Wildman–Crippen LogP) is 3.50. The molecule has 0 bridgehead atoms. The standard InChI is InChI=1S/C13H19ClN2/c1-13(2,3)9-5-6-10(14)11-12(9)16(4)8-7-15-11/h5-6,15H,7-8H2,1-4H3. The summed E-state index contributed by atoms with van der Waals surface area (Å²) in [7, 11) is 2.13. The molecule has 1 aromatic rings. The molecule has 1 aliphatic heterocycles. The number of hydrogen-bond acceptors (Lipinski definition) is 2. The van der Waals surface area contributed by atoms with Crippen LogP contribution in [0.4, 0.5) is 11.4 Å². The fourth-order valence-electron chi connectivity index (χ4n) is 2.20. The molecule has 0 aromatic heterocycles. The van der Waals surface area contributed by atoms with Gasteiger partial charge in [0.1, 0.15) is 0 Å². The molecule has 0 atom stereocenters. The van der Waals surface area contributed by atoms with E-state index in [9.17, 15) is 0 Å². The first-order valence-electron chi connectivity index (χ1n) is 5.69. The fourth-order valence-corrected chi connectivity index (χ4v) is 2.42. The number of hydrogen-bond donors (Lipinski definition) is 1. The minimum atomic E-state index is 0.141. The number of rotatable bonds is 0. The Labute approximate surface area is 103 Å². The van der Waals surface area contributed by atoms with Gasteiger partial charge in [-0.1, -0.05) is 38.4 Å². The molecule has 0 saturated heterocycles. The van der Waals surface area contributed by atoms with Crippen LogP contribution in [-0.2, 0) is 5.41 Å². The molecular weight excluding hydrogens is 220 g/mol. The average molecular weight is 239 g/mol. The van der Waals surface area contributed by atoms with Gasteiger partial charge in [0.05, 0.1) is 16.4 Å². The van der Waals surface area contributed by atoms with Gasteiger partial charge in [0.15, 0.2) is 0 Å². The van der Waals surface area contributed by atoms with E-state index in [1.165, 1.54) is 11.3 Å². The van der Waals surface area contributed by atoms with Crippen molar-refractivity contribution in [2.75, 3.05) is 30.4 Å². The second-order valence-corrected chi connectivity index (χ2v) is 5.82. The van der Waals surface area contributed by atoms with E-state index in [-0.39, 0.29) is 5.41 Å². The van der Waals surface area contributed by atoms with Gasteiger partial charge >= 0.3 is 0 Å². The van der Waals surface area contributed by atoms with E-state index in [0.29, 0.717) is 0 Å². The van der Waals surface area contributed by atoms with Crippen molar-refractivity contribution in [3.63, 3.8) is 0 Å². The van der Waals surface area contributed by atoms with Gasteiger partial charge in [0.2, 0.25) is 0 Å². The van der Waals surface area contributed by atoms with Crippen molar-refractivity contribution in [3.05, 3.63) is 22.7 Å². The van der Waals surface area contributed by atoms with E-state index < -0.39 is 0 Å². The maximum atomic E-state index is 6.24. The first-order valence-corrected chi connectivity index (χ1v) is 6.07. The number of nitrogens with zero attached hydrogens (tertiary/aromatic N) is 1. The Morgan fingerprint density at radius 1 is 1.31 bits per heavy atom. The maximum absolute atomic E-state index is 6.24. The van der Waals surface area contributed by atoms with Crippen LogP contribution < -0.4 is 10.2 Å². The Morgan fingerprint density at radius 2 is 2.00 bits per heavy atom. The van der Waals surface area contributed by atoms with E-state index in [4.69, 9.17) is 11.6 Å². The van der Waals surface area contributed by atoms with Gasteiger partial charge in [0.25, 0.3) is 0 Å². The molecule has 0 amide bonds. The van der Waals surface area contributed by atoms with Crippen LogP contribution in [-0.4, -0.2) is 20.1 Å². The summed E-state index contributed by atoms with van der Waals surface area (Å²) in [6, 6.07) is 4.14. The topological polar surface area (TPSA) is 15.3 Å². The normalized spacial score (nSPS) is 15.7. The van der Waals surface area contributed by atoms with E-state index in [1.54, 1.807) is 0 Å². The van der Waals surface area contributed by atoms with Crippen molar-refractivity contribution in [3.8, 4) is 0 Å². The number of halogens is 1. The smallest absolute Gasteiger partial charge is 0.0770 e. The van der Waals surface area contributed by atoms with Crippen LogP contribution in [0.3, 0.4) is 0 Å². The van der Waals surface area contributed by atoms with Crippen LogP contribution >= 0.6 is 11.6 Å². The summed E-state index contributed by atoms with van der Waals surface area (Å²) >= 11 is 6.24. The molecule has 3 heteroatoms. The van der Waals surface area contributed by atoms with Crippen LogP contribution in [0.25, 0.3) is 0 Å². The third-order valence-electron chi connectivity index (χ3n) is 3.07. The van der Waals surface area contributed by atoms with Crippen molar-refractivity contribution >= 4 is 23.0 Å². The molecule has 2 nitrogen and oxygen atoms in total. The summed E-state index contributed by atoms with van der Waals surface area (Å²) < 4.78 is 0. The Kier molecular flexibility index (Phi) is 2.79. The first-order chi connectivity index (χ1) is 7.41. The molecule has 88 valence electrons. The Bertz CT molecular complexity index is 407. The van der Waals surface area contributed by atoms with Crippen molar-refractivity contribution in [2.24, 2.45) is 0 Å². The van der Waals surface area contributed by atoms with Crippen LogP contribution in [0.15, 0.2) is 12.1 Å². The summed E-state index contributed by atoms with van der Waals surface area (Å²) in [4.78, 5) is 2.29. The maximum Gasteiger partial charge on any atom is 0.0770 e. The third kappa shape index (κ3) is 1.86. The van der Waals surface area contributed by atoms with E-state index in [1.807, 2.05) is 6.07 Å². The largest absolute Gasteiger partial charge is 0.380 e. The molecule has 1 N–H and O–H groups in total. The molecule has 1 aromatic carbocycles. The van der Waals surface area contributed by atoms with Crippen LogP contribution in [0, 0.1) is 0 Å². The zero-order chi connectivity index (χ0) is 11.9. The van der Waals surface area contributed by atoms with E-state index in [2.05, 4.69) is 44.1 Å². The van der Waals surface area contributed by atoms with Gasteiger partial charge in [-0.15, -0.1) is 0 Å². The van der Waals surface area contributed by atoms with Crippen molar-refractivity contribution in [1.82, 2.24) is 0 Å². The lowest BCUT2D eigenvalue weighted by atomic mass is 9.84. The molecule has 0 unspecified atom stereocenters. The molecule has 0 fully saturated rings. The SMILES string of the molecule is CN1CCNc2c(Cl)ccc(C(C)(C)C)c21. The molecule has 0 radical (unpaired) electrons. The molecule has 0 saturated carbocycles. The van der Waals surface area contributed by atoms with Gasteiger partial charge in [-0.25, -0.2) is 0 Å². The third-order valence-corrected chi connectivity index (χ3v) is 3.38. The predicted molar refractivity (Wildman–Crippen MR) is 71.9 cm³/mol. The highest BCUT2D eigenvalue weighted by Gasteiger charge is 2.25. The molecule has 0 aliphatic carbocycles. The zero-order valence-electron chi connectivity index (χ0n) is 10.4. The van der Waals surface area contributed by atoms with E-state index in [0.717, 1.165) is 23.8 Å². The molecule has 1 aliphatic rings. The highest BCUT2D eigenvalue weighted by molar-refractivity contribution is 6.34. The summed E-state index contributed by atoms with van der Waals surface area (Å²) in [5.74, 6) is 0. The molecule has 2 rings (SSSR count). The molecule has 0 spiro atoms. The summed E-state index contributed by atoms with van der Waals surface area (Å²) in [6.45, 7) is 8.68. The minimum absolute atomic E-state index is 0.141. The fraction of sp³-hybridized carbons (Fsp3) is 0.538. The minimum Gasteiger partial charge on any atom is -0.380 e. The summed E-state index contributed by atoms with van der Waals surface area (Å²) in [5, 5.41) is 4.21. The van der Waals surface area contributed by atoms with Crippen LogP contribution in [0.1, 0.15) is 26.3 Å². The second kappa shape index (κ2) is 3.85. The Hall–Kier alpha value is -0.890. The second-order valence-electron chi connectivity index (χ2n) is 5.42. The summed E-state index contributed by atoms with van der Waals surface area (Å²) in [6.07, 6.45) is 0. The highest BCUT2D eigenvalue weighted by atomic mass is 35.5. The number of fused-ring (bicyclic) bond motifs is 1. The average Bonchev–Trinajstić information content (AvgIpc) is 2.18. The van der Waals surface area contributed by atoms with Gasteiger partial charge < -0.3 is 10.2 Å². The van der Waals surface area contributed by atoms with Crippen molar-refractivity contribution in [1.29, 1.82) is 0 Å². The number of nitrogens with one attached hydrogen (secondary N) is 1. The number of benzene rings is 1. The van der Waals surface area contributed by atoms with Crippen LogP contribution in [0.2, 0.25) is 5.02 Å². The van der Waals surface area contributed by atoms with E-state index >= 15 is 0 Å². The quantitative estimate of drug-likeness (QED) is 0.744. The lowest BCUT2D eigenvalue weighted by Gasteiger charge is -2.35. The lowest BCUT2D eigenvalue weighted by molar-refractivity contribution is 0.588. The van der Waals surface area contributed by atoms with Gasteiger partial charge in [-0.2, -0.15) is 0 Å².